The Hall–Kier alpha value is -0.990. The Balaban J connectivity index is 1.49. The van der Waals surface area contributed by atoms with Crippen LogP contribution in [0.5, 0.6) is 0 Å². The van der Waals surface area contributed by atoms with Gasteiger partial charge in [-0.2, -0.15) is 4.98 Å². The zero-order valence-electron chi connectivity index (χ0n) is 17.0. The first-order valence-corrected chi connectivity index (χ1v) is 11.4. The molecule has 2 aromatic heterocycles. The molecule has 0 spiro atoms. The third-order valence-electron chi connectivity index (χ3n) is 5.95. The fraction of sp³-hybridized carbons (Fsp3) is 0.700. The van der Waals surface area contributed by atoms with Gasteiger partial charge in [0.25, 0.3) is 0 Å². The van der Waals surface area contributed by atoms with Crippen LogP contribution in [0.2, 0.25) is 5.28 Å². The van der Waals surface area contributed by atoms with Crippen molar-refractivity contribution in [1.29, 1.82) is 0 Å². The average Bonchev–Trinajstić information content (AvgIpc) is 3.10. The van der Waals surface area contributed by atoms with Crippen molar-refractivity contribution >= 4 is 39.0 Å². The van der Waals surface area contributed by atoms with Crippen molar-refractivity contribution in [3.05, 3.63) is 16.2 Å². The molecule has 0 aromatic carbocycles. The van der Waals surface area contributed by atoms with E-state index in [1.165, 1.54) is 30.8 Å². The monoisotopic (exact) mass is 423 g/mol. The molecule has 0 aliphatic carbocycles. The van der Waals surface area contributed by atoms with Crippen LogP contribution in [0.3, 0.4) is 0 Å². The fourth-order valence-electron chi connectivity index (χ4n) is 4.22. The number of morpholine rings is 1. The quantitative estimate of drug-likeness (QED) is 0.686. The Kier molecular flexibility index (Phi) is 6.37. The number of rotatable bonds is 5. The Morgan fingerprint density at radius 2 is 1.93 bits per heavy atom. The number of anilines is 1. The standard InChI is InChI=1S/C20H30ClN5OS/c1-14(2)25-6-4-15(5-7-25)24(3)13-16-12-17-18(28-16)19(23-20(21)22-17)26-8-10-27-11-9-26/h12,14-15H,4-11,13H2,1-3H3. The first-order valence-electron chi connectivity index (χ1n) is 10.2. The van der Waals surface area contributed by atoms with Crippen LogP contribution in [-0.4, -0.2) is 78.3 Å². The molecule has 154 valence electrons. The minimum absolute atomic E-state index is 0.327. The minimum Gasteiger partial charge on any atom is -0.378 e. The summed E-state index contributed by atoms with van der Waals surface area (Å²) in [6, 6.07) is 3.49. The summed E-state index contributed by atoms with van der Waals surface area (Å²) in [5.41, 5.74) is 0.963. The molecule has 2 aliphatic rings. The molecule has 0 amide bonds. The van der Waals surface area contributed by atoms with Crippen molar-refractivity contribution in [2.45, 2.75) is 45.3 Å². The molecule has 2 aliphatic heterocycles. The summed E-state index contributed by atoms with van der Waals surface area (Å²) in [6.07, 6.45) is 2.48. The third kappa shape index (κ3) is 4.44. The first-order chi connectivity index (χ1) is 13.5. The number of likely N-dealkylation sites (tertiary alicyclic amines) is 1. The van der Waals surface area contributed by atoms with Crippen molar-refractivity contribution < 1.29 is 4.74 Å². The van der Waals surface area contributed by atoms with E-state index in [1.807, 2.05) is 0 Å². The van der Waals surface area contributed by atoms with Crippen LogP contribution in [0.15, 0.2) is 6.07 Å². The Morgan fingerprint density at radius 3 is 2.61 bits per heavy atom. The van der Waals surface area contributed by atoms with Crippen LogP contribution in [0.4, 0.5) is 5.82 Å². The molecular formula is C20H30ClN5OS. The number of halogens is 1. The van der Waals surface area contributed by atoms with Gasteiger partial charge in [-0.15, -0.1) is 11.3 Å². The van der Waals surface area contributed by atoms with Crippen molar-refractivity contribution in [2.24, 2.45) is 0 Å². The number of fused-ring (bicyclic) bond motifs is 1. The molecule has 0 radical (unpaired) electrons. The highest BCUT2D eigenvalue weighted by molar-refractivity contribution is 7.19. The van der Waals surface area contributed by atoms with Gasteiger partial charge in [0.2, 0.25) is 5.28 Å². The lowest BCUT2D eigenvalue weighted by atomic mass is 10.0. The molecule has 8 heteroatoms. The number of aromatic nitrogens is 2. The van der Waals surface area contributed by atoms with Gasteiger partial charge in [-0.25, -0.2) is 4.98 Å². The molecule has 0 N–H and O–H groups in total. The molecule has 4 rings (SSSR count). The van der Waals surface area contributed by atoms with E-state index in [4.69, 9.17) is 16.3 Å². The molecule has 6 nitrogen and oxygen atoms in total. The molecule has 0 saturated carbocycles. The number of nitrogens with zero attached hydrogens (tertiary/aromatic N) is 5. The lowest BCUT2D eigenvalue weighted by Gasteiger charge is -2.38. The highest BCUT2D eigenvalue weighted by Crippen LogP contribution is 2.34. The molecule has 2 aromatic rings. The van der Waals surface area contributed by atoms with Crippen molar-refractivity contribution in [1.82, 2.24) is 19.8 Å². The molecule has 0 unspecified atom stereocenters. The lowest BCUT2D eigenvalue weighted by Crippen LogP contribution is -2.45. The van der Waals surface area contributed by atoms with Gasteiger partial charge < -0.3 is 14.5 Å². The van der Waals surface area contributed by atoms with E-state index >= 15 is 0 Å². The van der Waals surface area contributed by atoms with E-state index in [-0.39, 0.29) is 0 Å². The third-order valence-corrected chi connectivity index (χ3v) is 7.22. The number of thiophene rings is 1. The predicted octanol–water partition coefficient (Wildman–Crippen LogP) is 3.49. The van der Waals surface area contributed by atoms with Crippen LogP contribution in [0.25, 0.3) is 10.2 Å². The highest BCUT2D eigenvalue weighted by Gasteiger charge is 2.25. The molecule has 0 bridgehead atoms. The summed E-state index contributed by atoms with van der Waals surface area (Å²) in [6.45, 7) is 11.1. The second kappa shape index (κ2) is 8.79. The van der Waals surface area contributed by atoms with E-state index in [2.05, 4.69) is 51.6 Å². The van der Waals surface area contributed by atoms with E-state index in [9.17, 15) is 0 Å². The van der Waals surface area contributed by atoms with Crippen LogP contribution >= 0.6 is 22.9 Å². The molecule has 2 saturated heterocycles. The Morgan fingerprint density at radius 1 is 1.21 bits per heavy atom. The van der Waals surface area contributed by atoms with Gasteiger partial charge in [-0.1, -0.05) is 0 Å². The van der Waals surface area contributed by atoms with Gasteiger partial charge in [-0.3, -0.25) is 4.90 Å². The second-order valence-electron chi connectivity index (χ2n) is 8.12. The highest BCUT2D eigenvalue weighted by atomic mass is 35.5. The zero-order chi connectivity index (χ0) is 19.7. The maximum atomic E-state index is 6.23. The Bertz CT molecular complexity index is 799. The smallest absolute Gasteiger partial charge is 0.224 e. The van der Waals surface area contributed by atoms with Gasteiger partial charge in [-0.05, 0) is 64.5 Å². The summed E-state index contributed by atoms with van der Waals surface area (Å²) < 4.78 is 6.63. The molecule has 2 fully saturated rings. The summed E-state index contributed by atoms with van der Waals surface area (Å²) in [5, 5.41) is 0.327. The van der Waals surface area contributed by atoms with Gasteiger partial charge in [0.05, 0.1) is 23.4 Å². The summed E-state index contributed by atoms with van der Waals surface area (Å²) >= 11 is 8.03. The largest absolute Gasteiger partial charge is 0.378 e. The van der Waals surface area contributed by atoms with Crippen LogP contribution < -0.4 is 4.90 Å². The second-order valence-corrected chi connectivity index (χ2v) is 9.59. The topological polar surface area (TPSA) is 44.7 Å². The fourth-order valence-corrected chi connectivity index (χ4v) is 5.57. The summed E-state index contributed by atoms with van der Waals surface area (Å²) in [7, 11) is 2.25. The lowest BCUT2D eigenvalue weighted by molar-refractivity contribution is 0.105. The Labute approximate surface area is 176 Å². The van der Waals surface area contributed by atoms with Crippen LogP contribution in [-0.2, 0) is 11.3 Å². The summed E-state index contributed by atoms with van der Waals surface area (Å²) in [5.74, 6) is 0.961. The maximum Gasteiger partial charge on any atom is 0.224 e. The van der Waals surface area contributed by atoms with Crippen molar-refractivity contribution in [3.8, 4) is 0 Å². The number of piperidine rings is 1. The SMILES string of the molecule is CC(C)N1CCC(N(C)Cc2cc3nc(Cl)nc(N4CCOCC4)c3s2)CC1. The maximum absolute atomic E-state index is 6.23. The summed E-state index contributed by atoms with van der Waals surface area (Å²) in [4.78, 5) is 17.7. The van der Waals surface area contributed by atoms with E-state index in [0.717, 1.165) is 48.9 Å². The molecular weight excluding hydrogens is 394 g/mol. The minimum atomic E-state index is 0.327. The van der Waals surface area contributed by atoms with Gasteiger partial charge in [0, 0.05) is 36.6 Å². The molecule has 4 heterocycles. The van der Waals surface area contributed by atoms with E-state index in [1.54, 1.807) is 11.3 Å². The first kappa shape index (κ1) is 20.3. The number of hydrogen-bond donors (Lipinski definition) is 0. The number of hydrogen-bond acceptors (Lipinski definition) is 7. The van der Waals surface area contributed by atoms with Crippen LogP contribution in [0.1, 0.15) is 31.6 Å². The number of ether oxygens (including phenoxy) is 1. The normalized spacial score (nSPS) is 20.0. The van der Waals surface area contributed by atoms with Crippen molar-refractivity contribution in [2.75, 3.05) is 51.3 Å². The predicted molar refractivity (Wildman–Crippen MR) is 117 cm³/mol. The van der Waals surface area contributed by atoms with Gasteiger partial charge >= 0.3 is 0 Å². The zero-order valence-corrected chi connectivity index (χ0v) is 18.6. The van der Waals surface area contributed by atoms with E-state index < -0.39 is 0 Å². The average molecular weight is 424 g/mol. The van der Waals surface area contributed by atoms with E-state index in [0.29, 0.717) is 17.4 Å². The van der Waals surface area contributed by atoms with Crippen LogP contribution in [0, 0.1) is 0 Å². The van der Waals surface area contributed by atoms with Gasteiger partial charge in [0.1, 0.15) is 0 Å². The molecule has 0 atom stereocenters. The molecule has 28 heavy (non-hydrogen) atoms. The van der Waals surface area contributed by atoms with Crippen molar-refractivity contribution in [3.63, 3.8) is 0 Å². The van der Waals surface area contributed by atoms with Gasteiger partial charge in [0.15, 0.2) is 5.82 Å².